The van der Waals surface area contributed by atoms with Gasteiger partial charge in [-0.3, -0.25) is 0 Å². The van der Waals surface area contributed by atoms with Crippen LogP contribution in [0, 0.1) is 0 Å². The van der Waals surface area contributed by atoms with E-state index in [1.54, 1.807) is 12.0 Å². The Morgan fingerprint density at radius 1 is 1.35 bits per heavy atom. The lowest BCUT2D eigenvalue weighted by Gasteiger charge is -2.35. The summed E-state index contributed by atoms with van der Waals surface area (Å²) in [5.74, 6) is 0. The third-order valence-electron chi connectivity index (χ3n) is 3.50. The van der Waals surface area contributed by atoms with E-state index in [0.717, 1.165) is 32.4 Å². The first-order valence-electron chi connectivity index (χ1n) is 7.59. The van der Waals surface area contributed by atoms with Gasteiger partial charge in [-0.25, -0.2) is 4.79 Å². The number of ether oxygens (including phenoxy) is 2. The van der Waals surface area contributed by atoms with Crippen LogP contribution in [-0.2, 0) is 9.47 Å². The largest absolute Gasteiger partial charge is 0.444 e. The van der Waals surface area contributed by atoms with Crippen molar-refractivity contribution in [2.45, 2.75) is 64.7 Å². The Balaban J connectivity index is 2.13. The molecule has 0 radical (unpaired) electrons. The number of methoxy groups -OCH3 is 1. The molecule has 20 heavy (non-hydrogen) atoms. The molecule has 0 aromatic carbocycles. The van der Waals surface area contributed by atoms with Gasteiger partial charge in [-0.2, -0.15) is 0 Å². The maximum absolute atomic E-state index is 11.9. The van der Waals surface area contributed by atoms with Crippen LogP contribution in [0.4, 0.5) is 4.79 Å². The van der Waals surface area contributed by atoms with E-state index in [1.165, 1.54) is 0 Å². The van der Waals surface area contributed by atoms with Gasteiger partial charge in [0.05, 0.1) is 6.10 Å². The summed E-state index contributed by atoms with van der Waals surface area (Å²) >= 11 is 0. The van der Waals surface area contributed by atoms with Gasteiger partial charge in [0.1, 0.15) is 5.60 Å². The number of nitrogens with one attached hydrogen (secondary N) is 1. The molecular formula is C15H30N2O3. The first kappa shape index (κ1) is 17.2. The molecule has 1 aliphatic rings. The first-order chi connectivity index (χ1) is 9.35. The molecule has 1 N–H and O–H groups in total. The Morgan fingerprint density at radius 2 is 2.00 bits per heavy atom. The standard InChI is InChI=1S/C15H30N2O3/c1-6-17(14(18)20-15(2,3)4)9-7-8-16-12-10-13(11-12)19-5/h12-13,16H,6-11H2,1-5H3. The summed E-state index contributed by atoms with van der Waals surface area (Å²) in [7, 11) is 1.76. The molecule has 118 valence electrons. The second-order valence-electron chi connectivity index (χ2n) is 6.39. The van der Waals surface area contributed by atoms with Gasteiger partial charge in [0, 0.05) is 26.2 Å². The van der Waals surface area contributed by atoms with Crippen molar-refractivity contribution in [3.05, 3.63) is 0 Å². The van der Waals surface area contributed by atoms with Gasteiger partial charge < -0.3 is 19.7 Å². The fourth-order valence-electron chi connectivity index (χ4n) is 2.21. The predicted molar refractivity (Wildman–Crippen MR) is 79.9 cm³/mol. The summed E-state index contributed by atoms with van der Waals surface area (Å²) in [6.45, 7) is 10.0. The number of carbonyl (C=O) groups is 1. The van der Waals surface area contributed by atoms with E-state index >= 15 is 0 Å². The molecule has 0 bridgehead atoms. The van der Waals surface area contributed by atoms with E-state index in [9.17, 15) is 4.79 Å². The molecule has 0 aliphatic heterocycles. The Bertz CT molecular complexity index is 296. The summed E-state index contributed by atoms with van der Waals surface area (Å²) < 4.78 is 10.6. The van der Waals surface area contributed by atoms with Crippen LogP contribution >= 0.6 is 0 Å². The number of nitrogens with zero attached hydrogens (tertiary/aromatic N) is 1. The zero-order valence-corrected chi connectivity index (χ0v) is 13.6. The fourth-order valence-corrected chi connectivity index (χ4v) is 2.21. The minimum absolute atomic E-state index is 0.219. The molecular weight excluding hydrogens is 256 g/mol. The highest BCUT2D eigenvalue weighted by molar-refractivity contribution is 5.68. The zero-order chi connectivity index (χ0) is 15.2. The van der Waals surface area contributed by atoms with E-state index in [-0.39, 0.29) is 6.09 Å². The number of hydrogen-bond acceptors (Lipinski definition) is 4. The minimum atomic E-state index is -0.427. The van der Waals surface area contributed by atoms with Crippen molar-refractivity contribution in [2.75, 3.05) is 26.7 Å². The maximum Gasteiger partial charge on any atom is 0.410 e. The van der Waals surface area contributed by atoms with Gasteiger partial charge >= 0.3 is 6.09 Å². The van der Waals surface area contributed by atoms with E-state index in [4.69, 9.17) is 9.47 Å². The number of hydrogen-bond donors (Lipinski definition) is 1. The topological polar surface area (TPSA) is 50.8 Å². The quantitative estimate of drug-likeness (QED) is 0.730. The van der Waals surface area contributed by atoms with Crippen LogP contribution in [0.2, 0.25) is 0 Å². The second-order valence-corrected chi connectivity index (χ2v) is 6.39. The van der Waals surface area contributed by atoms with Crippen molar-refractivity contribution in [1.29, 1.82) is 0 Å². The predicted octanol–water partition coefficient (Wildman–Crippen LogP) is 2.40. The number of carbonyl (C=O) groups excluding carboxylic acids is 1. The van der Waals surface area contributed by atoms with Crippen LogP contribution in [0.5, 0.6) is 0 Å². The highest BCUT2D eigenvalue weighted by Crippen LogP contribution is 2.22. The number of amides is 1. The first-order valence-corrected chi connectivity index (χ1v) is 7.59. The highest BCUT2D eigenvalue weighted by atomic mass is 16.6. The average molecular weight is 286 g/mol. The molecule has 1 aliphatic carbocycles. The van der Waals surface area contributed by atoms with Crippen molar-refractivity contribution >= 4 is 6.09 Å². The molecule has 0 aromatic heterocycles. The third kappa shape index (κ3) is 6.09. The number of rotatable bonds is 7. The molecule has 0 saturated heterocycles. The SMILES string of the molecule is CCN(CCCNC1CC(OC)C1)C(=O)OC(C)(C)C. The summed E-state index contributed by atoms with van der Waals surface area (Å²) in [6.07, 6.45) is 3.35. The lowest BCUT2D eigenvalue weighted by atomic mass is 9.89. The lowest BCUT2D eigenvalue weighted by molar-refractivity contribution is 0.0166. The molecule has 5 heteroatoms. The molecule has 0 spiro atoms. The van der Waals surface area contributed by atoms with E-state index in [2.05, 4.69) is 5.32 Å². The van der Waals surface area contributed by atoms with E-state index in [0.29, 0.717) is 18.7 Å². The molecule has 1 amide bonds. The Morgan fingerprint density at radius 3 is 2.50 bits per heavy atom. The van der Waals surface area contributed by atoms with Gasteiger partial charge in [0.15, 0.2) is 0 Å². The maximum atomic E-state index is 11.9. The van der Waals surface area contributed by atoms with Crippen molar-refractivity contribution in [3.63, 3.8) is 0 Å². The molecule has 1 fully saturated rings. The van der Waals surface area contributed by atoms with Crippen LogP contribution in [-0.4, -0.2) is 55.5 Å². The van der Waals surface area contributed by atoms with Crippen molar-refractivity contribution in [2.24, 2.45) is 0 Å². The Hall–Kier alpha value is -0.810. The highest BCUT2D eigenvalue weighted by Gasteiger charge is 2.28. The van der Waals surface area contributed by atoms with Gasteiger partial charge in [0.25, 0.3) is 0 Å². The van der Waals surface area contributed by atoms with Crippen molar-refractivity contribution < 1.29 is 14.3 Å². The zero-order valence-electron chi connectivity index (χ0n) is 13.6. The Kier molecular flexibility index (Phi) is 6.76. The smallest absolute Gasteiger partial charge is 0.410 e. The minimum Gasteiger partial charge on any atom is -0.444 e. The van der Waals surface area contributed by atoms with Gasteiger partial charge in [0.2, 0.25) is 0 Å². The monoisotopic (exact) mass is 286 g/mol. The fraction of sp³-hybridized carbons (Fsp3) is 0.933. The van der Waals surface area contributed by atoms with Crippen LogP contribution < -0.4 is 5.32 Å². The summed E-state index contributed by atoms with van der Waals surface area (Å²) in [6, 6.07) is 0.580. The molecule has 5 nitrogen and oxygen atoms in total. The van der Waals surface area contributed by atoms with Gasteiger partial charge in [-0.15, -0.1) is 0 Å². The van der Waals surface area contributed by atoms with Crippen molar-refractivity contribution in [3.8, 4) is 0 Å². The molecule has 0 heterocycles. The van der Waals surface area contributed by atoms with Crippen LogP contribution in [0.1, 0.15) is 47.0 Å². The van der Waals surface area contributed by atoms with E-state index < -0.39 is 5.60 Å². The molecule has 0 aromatic rings. The molecule has 1 rings (SSSR count). The van der Waals surface area contributed by atoms with Crippen LogP contribution in [0.3, 0.4) is 0 Å². The van der Waals surface area contributed by atoms with Gasteiger partial charge in [-0.05, 0) is 53.5 Å². The normalized spacial score (nSPS) is 22.2. The second kappa shape index (κ2) is 7.84. The lowest BCUT2D eigenvalue weighted by Crippen LogP contribution is -2.46. The van der Waals surface area contributed by atoms with Crippen LogP contribution in [0.15, 0.2) is 0 Å². The summed E-state index contributed by atoms with van der Waals surface area (Å²) in [5.41, 5.74) is -0.427. The molecule has 0 atom stereocenters. The van der Waals surface area contributed by atoms with Gasteiger partial charge in [-0.1, -0.05) is 0 Å². The van der Waals surface area contributed by atoms with Crippen molar-refractivity contribution in [1.82, 2.24) is 10.2 Å². The summed E-state index contributed by atoms with van der Waals surface area (Å²) in [4.78, 5) is 13.7. The third-order valence-corrected chi connectivity index (χ3v) is 3.50. The average Bonchev–Trinajstić information content (AvgIpc) is 2.28. The van der Waals surface area contributed by atoms with E-state index in [1.807, 2.05) is 27.7 Å². The Labute approximate surface area is 123 Å². The summed E-state index contributed by atoms with van der Waals surface area (Å²) in [5, 5.41) is 3.49. The molecule has 0 unspecified atom stereocenters. The molecule has 1 saturated carbocycles. The van der Waals surface area contributed by atoms with Crippen LogP contribution in [0.25, 0.3) is 0 Å².